The quantitative estimate of drug-likeness (QED) is 0.629. The van der Waals surface area contributed by atoms with Crippen LogP contribution in [0.3, 0.4) is 0 Å². The van der Waals surface area contributed by atoms with Gasteiger partial charge in [0.1, 0.15) is 0 Å². The number of nitrogens with zero attached hydrogens (tertiary/aromatic N) is 1. The summed E-state index contributed by atoms with van der Waals surface area (Å²) in [6.45, 7) is 6.09. The lowest BCUT2D eigenvalue weighted by Gasteiger charge is -2.13. The molecule has 1 atom stereocenters. The maximum Gasteiger partial charge on any atom is 0.0471 e. The van der Waals surface area contributed by atoms with E-state index in [0.29, 0.717) is 12.5 Å². The average Bonchev–Trinajstić information content (AvgIpc) is 2.37. The molecule has 0 spiro atoms. The van der Waals surface area contributed by atoms with Crippen LogP contribution in [0.4, 0.5) is 0 Å². The van der Waals surface area contributed by atoms with E-state index in [-0.39, 0.29) is 0 Å². The molecule has 0 saturated carbocycles. The Hall–Kier alpha value is -0.0800. The van der Waals surface area contributed by atoms with Crippen LogP contribution in [0.5, 0.6) is 0 Å². The molecule has 1 aliphatic heterocycles. The molecule has 0 aromatic heterocycles. The minimum Gasteiger partial charge on any atom is -0.396 e. The van der Waals surface area contributed by atoms with Crippen LogP contribution in [-0.4, -0.2) is 36.2 Å². The molecule has 1 heterocycles. The van der Waals surface area contributed by atoms with Gasteiger partial charge in [0.15, 0.2) is 0 Å². The van der Waals surface area contributed by atoms with E-state index in [2.05, 4.69) is 11.8 Å². The summed E-state index contributed by atoms with van der Waals surface area (Å²) in [7, 11) is 0. The van der Waals surface area contributed by atoms with E-state index in [9.17, 15) is 0 Å². The van der Waals surface area contributed by atoms with E-state index < -0.39 is 0 Å². The topological polar surface area (TPSA) is 23.5 Å². The molecule has 0 aliphatic carbocycles. The summed E-state index contributed by atoms with van der Waals surface area (Å²) in [6, 6.07) is 0. The maximum atomic E-state index is 8.83. The zero-order valence-electron chi connectivity index (χ0n) is 6.71. The lowest BCUT2D eigenvalue weighted by Crippen LogP contribution is -2.22. The van der Waals surface area contributed by atoms with Gasteiger partial charge in [-0.1, -0.05) is 6.92 Å². The fourth-order valence-electron chi connectivity index (χ4n) is 1.58. The summed E-state index contributed by atoms with van der Waals surface area (Å²) in [5, 5.41) is 8.83. The van der Waals surface area contributed by atoms with Crippen molar-refractivity contribution >= 4 is 0 Å². The lowest BCUT2D eigenvalue weighted by atomic mass is 10.1. The molecule has 1 saturated heterocycles. The minimum atomic E-state index is 0.375. The van der Waals surface area contributed by atoms with Crippen LogP contribution in [0.1, 0.15) is 19.8 Å². The predicted octanol–water partition coefficient (Wildman–Crippen LogP) is 0.711. The highest BCUT2D eigenvalue weighted by molar-refractivity contribution is 4.73. The molecule has 2 nitrogen and oxygen atoms in total. The van der Waals surface area contributed by atoms with Gasteiger partial charge in [-0.3, -0.25) is 0 Å². The first kappa shape index (κ1) is 8.02. The monoisotopic (exact) mass is 143 g/mol. The molecule has 60 valence electrons. The summed E-state index contributed by atoms with van der Waals surface area (Å²) >= 11 is 0. The molecule has 1 aliphatic rings. The van der Waals surface area contributed by atoms with Gasteiger partial charge in [0.05, 0.1) is 0 Å². The molecule has 0 amide bonds. The van der Waals surface area contributed by atoms with E-state index >= 15 is 0 Å². The van der Waals surface area contributed by atoms with E-state index in [4.69, 9.17) is 5.11 Å². The zero-order valence-corrected chi connectivity index (χ0v) is 6.71. The molecule has 0 aromatic rings. The van der Waals surface area contributed by atoms with Gasteiger partial charge < -0.3 is 10.0 Å². The average molecular weight is 143 g/mol. The third-order valence-electron chi connectivity index (χ3n) is 2.17. The van der Waals surface area contributed by atoms with Gasteiger partial charge in [-0.15, -0.1) is 0 Å². The molecular weight excluding hydrogens is 126 g/mol. The second kappa shape index (κ2) is 3.94. The second-order valence-corrected chi connectivity index (χ2v) is 3.14. The molecule has 1 fully saturated rings. The molecule has 1 N–H and O–H groups in total. The highest BCUT2D eigenvalue weighted by Gasteiger charge is 2.20. The molecule has 10 heavy (non-hydrogen) atoms. The molecule has 0 unspecified atom stereocenters. The second-order valence-electron chi connectivity index (χ2n) is 3.14. The van der Waals surface area contributed by atoms with Crippen LogP contribution >= 0.6 is 0 Å². The summed E-state index contributed by atoms with van der Waals surface area (Å²) < 4.78 is 0. The smallest absolute Gasteiger partial charge is 0.0471 e. The summed E-state index contributed by atoms with van der Waals surface area (Å²) in [6.07, 6.45) is 2.43. The van der Waals surface area contributed by atoms with Gasteiger partial charge in [0.2, 0.25) is 0 Å². The van der Waals surface area contributed by atoms with Crippen molar-refractivity contribution in [2.24, 2.45) is 5.92 Å². The summed E-state index contributed by atoms with van der Waals surface area (Å²) in [5.74, 6) is 0.562. The van der Waals surface area contributed by atoms with Gasteiger partial charge in [-0.25, -0.2) is 0 Å². The molecule has 0 bridgehead atoms. The standard InChI is InChI=1S/C8H17NO/c1-2-4-9-5-3-8(6-9)7-10/h8,10H,2-7H2,1H3/t8-/m1/s1. The molecular formula is C8H17NO. The van der Waals surface area contributed by atoms with Gasteiger partial charge in [0.25, 0.3) is 0 Å². The SMILES string of the molecule is CCCN1CC[C@@H](CO)C1. The maximum absolute atomic E-state index is 8.83. The fraction of sp³-hybridized carbons (Fsp3) is 1.00. The minimum absolute atomic E-state index is 0.375. The van der Waals surface area contributed by atoms with Gasteiger partial charge in [-0.05, 0) is 31.8 Å². The number of hydrogen-bond donors (Lipinski definition) is 1. The van der Waals surface area contributed by atoms with Gasteiger partial charge in [-0.2, -0.15) is 0 Å². The molecule has 2 heteroatoms. The predicted molar refractivity (Wildman–Crippen MR) is 41.9 cm³/mol. The molecule has 1 rings (SSSR count). The first-order valence-electron chi connectivity index (χ1n) is 4.20. The van der Waals surface area contributed by atoms with E-state index in [1.807, 2.05) is 0 Å². The van der Waals surface area contributed by atoms with Crippen molar-refractivity contribution in [3.8, 4) is 0 Å². The Morgan fingerprint density at radius 1 is 1.60 bits per heavy atom. The molecule has 0 radical (unpaired) electrons. The third-order valence-corrected chi connectivity index (χ3v) is 2.17. The third kappa shape index (κ3) is 1.96. The van der Waals surface area contributed by atoms with Crippen molar-refractivity contribution in [3.05, 3.63) is 0 Å². The fourth-order valence-corrected chi connectivity index (χ4v) is 1.58. The Balaban J connectivity index is 2.15. The van der Waals surface area contributed by atoms with Gasteiger partial charge in [0, 0.05) is 13.2 Å². The van der Waals surface area contributed by atoms with Crippen molar-refractivity contribution in [1.82, 2.24) is 4.90 Å². The number of hydrogen-bond acceptors (Lipinski definition) is 2. The highest BCUT2D eigenvalue weighted by Crippen LogP contribution is 2.14. The normalized spacial score (nSPS) is 27.6. The van der Waals surface area contributed by atoms with E-state index in [1.165, 1.54) is 25.9 Å². The Morgan fingerprint density at radius 2 is 2.40 bits per heavy atom. The highest BCUT2D eigenvalue weighted by atomic mass is 16.3. The van der Waals surface area contributed by atoms with Crippen molar-refractivity contribution in [2.45, 2.75) is 19.8 Å². The Morgan fingerprint density at radius 3 is 2.90 bits per heavy atom. The number of aliphatic hydroxyl groups is 1. The number of rotatable bonds is 3. The zero-order chi connectivity index (χ0) is 7.40. The van der Waals surface area contributed by atoms with Gasteiger partial charge >= 0.3 is 0 Å². The van der Waals surface area contributed by atoms with Crippen molar-refractivity contribution < 1.29 is 5.11 Å². The first-order chi connectivity index (χ1) is 4.86. The van der Waals surface area contributed by atoms with Crippen molar-refractivity contribution in [1.29, 1.82) is 0 Å². The lowest BCUT2D eigenvalue weighted by molar-refractivity contribution is 0.222. The Bertz CT molecular complexity index is 95.3. The largest absolute Gasteiger partial charge is 0.396 e. The van der Waals surface area contributed by atoms with Crippen LogP contribution in [0.15, 0.2) is 0 Å². The number of aliphatic hydroxyl groups excluding tert-OH is 1. The van der Waals surface area contributed by atoms with Crippen LogP contribution in [0.2, 0.25) is 0 Å². The van der Waals surface area contributed by atoms with Crippen LogP contribution in [0, 0.1) is 5.92 Å². The van der Waals surface area contributed by atoms with Crippen LogP contribution < -0.4 is 0 Å². The van der Waals surface area contributed by atoms with E-state index in [1.54, 1.807) is 0 Å². The Kier molecular flexibility index (Phi) is 3.16. The van der Waals surface area contributed by atoms with Crippen LogP contribution in [0.25, 0.3) is 0 Å². The first-order valence-corrected chi connectivity index (χ1v) is 4.20. The number of likely N-dealkylation sites (tertiary alicyclic amines) is 1. The van der Waals surface area contributed by atoms with Crippen LogP contribution in [-0.2, 0) is 0 Å². The van der Waals surface area contributed by atoms with E-state index in [0.717, 1.165) is 6.54 Å². The van der Waals surface area contributed by atoms with Crippen molar-refractivity contribution in [3.63, 3.8) is 0 Å². The molecule has 0 aromatic carbocycles. The van der Waals surface area contributed by atoms with Crippen molar-refractivity contribution in [2.75, 3.05) is 26.2 Å². The Labute approximate surface area is 62.8 Å². The summed E-state index contributed by atoms with van der Waals surface area (Å²) in [5.41, 5.74) is 0. The summed E-state index contributed by atoms with van der Waals surface area (Å²) in [4.78, 5) is 2.43.